The molecule has 0 bridgehead atoms. The van der Waals surface area contributed by atoms with E-state index in [1.807, 2.05) is 0 Å². The predicted molar refractivity (Wildman–Crippen MR) is 176 cm³/mol. The second-order valence-corrected chi connectivity index (χ2v) is 14.3. The van der Waals surface area contributed by atoms with E-state index in [0.29, 0.717) is 0 Å². The first-order valence-electron chi connectivity index (χ1n) is 14.5. The van der Waals surface area contributed by atoms with Crippen molar-refractivity contribution < 1.29 is 0 Å². The summed E-state index contributed by atoms with van der Waals surface area (Å²) in [4.78, 5) is 2.41. The molecular weight excluding hydrogens is 484 g/mol. The van der Waals surface area contributed by atoms with Gasteiger partial charge in [-0.15, -0.1) is 0 Å². The van der Waals surface area contributed by atoms with Crippen molar-refractivity contribution in [1.82, 2.24) is 0 Å². The zero-order valence-corrected chi connectivity index (χ0v) is 26.5. The fourth-order valence-corrected chi connectivity index (χ4v) is 5.20. The van der Waals surface area contributed by atoms with Gasteiger partial charge in [-0.1, -0.05) is 105 Å². The van der Waals surface area contributed by atoms with E-state index < -0.39 is 0 Å². The Morgan fingerprint density at radius 1 is 0.475 bits per heavy atom. The smallest absolute Gasteiger partial charge is 0.0520 e. The van der Waals surface area contributed by atoms with Crippen LogP contribution in [0.15, 0.2) is 84.9 Å². The Morgan fingerprint density at radius 2 is 0.950 bits per heavy atom. The Kier molecular flexibility index (Phi) is 7.96. The van der Waals surface area contributed by atoms with Gasteiger partial charge in [0.15, 0.2) is 0 Å². The molecule has 0 aliphatic heterocycles. The third-order valence-corrected chi connectivity index (χ3v) is 7.72. The molecule has 0 fully saturated rings. The van der Waals surface area contributed by atoms with Gasteiger partial charge in [0.1, 0.15) is 0 Å². The van der Waals surface area contributed by atoms with Crippen LogP contribution in [0.5, 0.6) is 0 Å². The number of nitrogens with one attached hydrogen (secondary N) is 1. The van der Waals surface area contributed by atoms with Gasteiger partial charge in [-0.3, -0.25) is 0 Å². The highest BCUT2D eigenvalue weighted by Gasteiger charge is 2.22. The Bertz CT molecular complexity index is 1430. The summed E-state index contributed by atoms with van der Waals surface area (Å²) in [5.41, 5.74) is 12.6. The van der Waals surface area contributed by atoms with E-state index in [9.17, 15) is 0 Å². The molecule has 0 amide bonds. The van der Waals surface area contributed by atoms with Crippen LogP contribution in [-0.2, 0) is 16.2 Å². The van der Waals surface area contributed by atoms with E-state index in [0.717, 1.165) is 22.7 Å². The van der Waals surface area contributed by atoms with Crippen LogP contribution in [0.25, 0.3) is 0 Å². The Balaban J connectivity index is 1.80. The van der Waals surface area contributed by atoms with Crippen LogP contribution in [-0.4, -0.2) is 0 Å². The molecule has 0 spiro atoms. The van der Waals surface area contributed by atoms with E-state index in [-0.39, 0.29) is 16.2 Å². The minimum absolute atomic E-state index is 0.0968. The van der Waals surface area contributed by atoms with E-state index in [4.69, 9.17) is 0 Å². The predicted octanol–water partition coefficient (Wildman–Crippen LogP) is 11.4. The molecular formula is C38H48N2. The van der Waals surface area contributed by atoms with Crippen LogP contribution in [0.1, 0.15) is 90.1 Å². The van der Waals surface area contributed by atoms with Crippen molar-refractivity contribution in [3.8, 4) is 0 Å². The molecule has 0 saturated heterocycles. The van der Waals surface area contributed by atoms with E-state index in [1.54, 1.807) is 0 Å². The average Bonchev–Trinajstić information content (AvgIpc) is 2.85. The van der Waals surface area contributed by atoms with Gasteiger partial charge < -0.3 is 10.2 Å². The van der Waals surface area contributed by atoms with Gasteiger partial charge in [-0.05, 0) is 100 Å². The molecule has 0 aliphatic carbocycles. The highest BCUT2D eigenvalue weighted by molar-refractivity contribution is 5.82. The molecule has 4 aromatic carbocycles. The van der Waals surface area contributed by atoms with Crippen molar-refractivity contribution >= 4 is 28.4 Å². The molecule has 0 radical (unpaired) electrons. The molecule has 0 atom stereocenters. The number of aryl methyl sites for hydroxylation is 2. The second-order valence-electron chi connectivity index (χ2n) is 14.3. The molecule has 210 valence electrons. The van der Waals surface area contributed by atoms with Crippen LogP contribution < -0.4 is 10.2 Å². The molecule has 0 aromatic heterocycles. The maximum atomic E-state index is 3.64. The molecule has 1 N–H and O–H groups in total. The Labute approximate surface area is 243 Å². The zero-order chi connectivity index (χ0) is 29.5. The van der Waals surface area contributed by atoms with E-state index >= 15 is 0 Å². The zero-order valence-electron chi connectivity index (χ0n) is 26.5. The molecule has 0 aliphatic rings. The SMILES string of the molecule is Cc1cc(C(C)(C)C)cc(C)c1N(c1ccc(C(C)(C)C)cc1)c1cccc(Nc2ccc(C(C)(C)C)cc2)c1. The van der Waals surface area contributed by atoms with Crippen LogP contribution in [0.2, 0.25) is 0 Å². The monoisotopic (exact) mass is 532 g/mol. The fourth-order valence-electron chi connectivity index (χ4n) is 5.20. The molecule has 4 rings (SSSR count). The number of rotatable bonds is 5. The summed E-state index contributed by atoms with van der Waals surface area (Å²) in [5.74, 6) is 0. The highest BCUT2D eigenvalue weighted by atomic mass is 15.1. The molecule has 0 saturated carbocycles. The number of nitrogens with zero attached hydrogens (tertiary/aromatic N) is 1. The highest BCUT2D eigenvalue weighted by Crippen LogP contribution is 2.42. The van der Waals surface area contributed by atoms with Crippen molar-refractivity contribution in [3.63, 3.8) is 0 Å². The summed E-state index contributed by atoms with van der Waals surface area (Å²) in [5, 5.41) is 3.64. The van der Waals surface area contributed by atoms with E-state index in [1.165, 1.54) is 33.5 Å². The van der Waals surface area contributed by atoms with Gasteiger partial charge in [0.25, 0.3) is 0 Å². The minimum Gasteiger partial charge on any atom is -0.355 e. The molecule has 0 unspecified atom stereocenters. The van der Waals surface area contributed by atoms with Gasteiger partial charge in [0, 0.05) is 22.7 Å². The Morgan fingerprint density at radius 3 is 1.43 bits per heavy atom. The largest absolute Gasteiger partial charge is 0.355 e. The summed E-state index contributed by atoms with van der Waals surface area (Å²) in [7, 11) is 0. The van der Waals surface area contributed by atoms with Crippen molar-refractivity contribution in [3.05, 3.63) is 113 Å². The first-order valence-corrected chi connectivity index (χ1v) is 14.5. The van der Waals surface area contributed by atoms with Gasteiger partial charge in [0.05, 0.1) is 5.69 Å². The van der Waals surface area contributed by atoms with Gasteiger partial charge in [0.2, 0.25) is 0 Å². The third-order valence-electron chi connectivity index (χ3n) is 7.72. The Hall–Kier alpha value is -3.52. The molecule has 2 nitrogen and oxygen atoms in total. The lowest BCUT2D eigenvalue weighted by Gasteiger charge is -2.31. The van der Waals surface area contributed by atoms with Gasteiger partial charge in [-0.2, -0.15) is 0 Å². The first kappa shape index (κ1) is 29.5. The number of hydrogen-bond donors (Lipinski definition) is 1. The average molecular weight is 533 g/mol. The van der Waals surface area contributed by atoms with E-state index in [2.05, 4.69) is 171 Å². The molecule has 40 heavy (non-hydrogen) atoms. The van der Waals surface area contributed by atoms with Crippen molar-refractivity contribution in [1.29, 1.82) is 0 Å². The lowest BCUT2D eigenvalue weighted by atomic mass is 9.84. The topological polar surface area (TPSA) is 15.3 Å². The molecule has 0 heterocycles. The fraction of sp³-hybridized carbons (Fsp3) is 0.368. The van der Waals surface area contributed by atoms with Crippen LogP contribution in [0, 0.1) is 13.8 Å². The minimum atomic E-state index is 0.0968. The molecule has 4 aromatic rings. The maximum absolute atomic E-state index is 3.64. The van der Waals surface area contributed by atoms with Gasteiger partial charge in [-0.25, -0.2) is 0 Å². The first-order chi connectivity index (χ1) is 18.5. The normalized spacial score (nSPS) is 12.4. The van der Waals surface area contributed by atoms with Crippen LogP contribution >= 0.6 is 0 Å². The summed E-state index contributed by atoms with van der Waals surface area (Å²) >= 11 is 0. The molecule has 2 heteroatoms. The third kappa shape index (κ3) is 6.61. The summed E-state index contributed by atoms with van der Waals surface area (Å²) in [6.45, 7) is 24.9. The lowest BCUT2D eigenvalue weighted by molar-refractivity contribution is 0.589. The second kappa shape index (κ2) is 10.8. The van der Waals surface area contributed by atoms with Gasteiger partial charge >= 0.3 is 0 Å². The maximum Gasteiger partial charge on any atom is 0.0520 e. The number of benzene rings is 4. The van der Waals surface area contributed by atoms with Crippen LogP contribution in [0.4, 0.5) is 28.4 Å². The number of hydrogen-bond acceptors (Lipinski definition) is 2. The number of anilines is 5. The lowest BCUT2D eigenvalue weighted by Crippen LogP contribution is -2.17. The summed E-state index contributed by atoms with van der Waals surface area (Å²) in [6, 6.07) is 31.3. The van der Waals surface area contributed by atoms with Crippen molar-refractivity contribution in [2.75, 3.05) is 10.2 Å². The van der Waals surface area contributed by atoms with Crippen LogP contribution in [0.3, 0.4) is 0 Å². The summed E-state index contributed by atoms with van der Waals surface area (Å²) < 4.78 is 0. The standard InChI is InChI=1S/C38H48N2/c1-26-23-30(38(9,10)11)24-27(2)35(26)40(33-21-17-29(18-22-33)37(6,7)8)34-14-12-13-32(25-34)39-31-19-15-28(16-20-31)36(3,4)5/h12-25,39H,1-11H3. The van der Waals surface area contributed by atoms with Crippen molar-refractivity contribution in [2.24, 2.45) is 0 Å². The summed E-state index contributed by atoms with van der Waals surface area (Å²) in [6.07, 6.45) is 0. The quantitative estimate of drug-likeness (QED) is 0.275. The van der Waals surface area contributed by atoms with Crippen molar-refractivity contribution in [2.45, 2.75) is 92.4 Å².